The third-order valence-corrected chi connectivity index (χ3v) is 3.05. The SMILES string of the molecule is N#Cc1ccc(N2CCN(C(=O)O)CC2)c(N)c1. The maximum absolute atomic E-state index is 10.8. The summed E-state index contributed by atoms with van der Waals surface area (Å²) in [7, 11) is 0. The van der Waals surface area contributed by atoms with Gasteiger partial charge in [-0.2, -0.15) is 5.26 Å². The Hall–Kier alpha value is -2.42. The van der Waals surface area contributed by atoms with Gasteiger partial charge in [0.15, 0.2) is 0 Å². The minimum absolute atomic E-state index is 0.467. The fourth-order valence-corrected chi connectivity index (χ4v) is 2.05. The molecular formula is C12H14N4O2. The predicted molar refractivity (Wildman–Crippen MR) is 67.4 cm³/mol. The molecule has 3 N–H and O–H groups in total. The monoisotopic (exact) mass is 246 g/mol. The number of nitriles is 1. The lowest BCUT2D eigenvalue weighted by molar-refractivity contribution is 0.142. The van der Waals surface area contributed by atoms with Crippen LogP contribution in [0, 0.1) is 11.3 Å². The molecule has 0 bridgehead atoms. The molecule has 0 aromatic heterocycles. The maximum atomic E-state index is 10.8. The van der Waals surface area contributed by atoms with Gasteiger partial charge in [0, 0.05) is 26.2 Å². The molecular weight excluding hydrogens is 232 g/mol. The van der Waals surface area contributed by atoms with E-state index in [0.29, 0.717) is 37.4 Å². The normalized spacial score (nSPS) is 15.3. The van der Waals surface area contributed by atoms with Crippen molar-refractivity contribution in [2.75, 3.05) is 36.8 Å². The van der Waals surface area contributed by atoms with Gasteiger partial charge in [0.05, 0.1) is 23.0 Å². The minimum atomic E-state index is -0.887. The summed E-state index contributed by atoms with van der Waals surface area (Å²) in [6, 6.07) is 7.20. The first kappa shape index (κ1) is 12.0. The molecule has 6 heteroatoms. The summed E-state index contributed by atoms with van der Waals surface area (Å²) in [5.41, 5.74) is 7.84. The maximum Gasteiger partial charge on any atom is 0.407 e. The molecule has 0 radical (unpaired) electrons. The number of nitrogens with two attached hydrogens (primary N) is 1. The Morgan fingerprint density at radius 2 is 2.00 bits per heavy atom. The first-order valence-electron chi connectivity index (χ1n) is 5.64. The Kier molecular flexibility index (Phi) is 3.24. The molecule has 0 unspecified atom stereocenters. The summed E-state index contributed by atoms with van der Waals surface area (Å²) in [5.74, 6) is 0. The smallest absolute Gasteiger partial charge is 0.407 e. The molecule has 0 atom stereocenters. The van der Waals surface area contributed by atoms with Crippen molar-refractivity contribution in [1.82, 2.24) is 4.90 Å². The van der Waals surface area contributed by atoms with Gasteiger partial charge < -0.3 is 20.6 Å². The highest BCUT2D eigenvalue weighted by atomic mass is 16.4. The van der Waals surface area contributed by atoms with Crippen LogP contribution < -0.4 is 10.6 Å². The van der Waals surface area contributed by atoms with Crippen molar-refractivity contribution >= 4 is 17.5 Å². The van der Waals surface area contributed by atoms with Crippen LogP contribution in [0.3, 0.4) is 0 Å². The molecule has 6 nitrogen and oxygen atoms in total. The van der Waals surface area contributed by atoms with E-state index >= 15 is 0 Å². The van der Waals surface area contributed by atoms with Gasteiger partial charge in [0.2, 0.25) is 0 Å². The summed E-state index contributed by atoms with van der Waals surface area (Å²) in [6.45, 7) is 2.16. The van der Waals surface area contributed by atoms with Crippen LogP contribution in [-0.2, 0) is 0 Å². The Labute approximate surface area is 105 Å². The lowest BCUT2D eigenvalue weighted by Crippen LogP contribution is -2.48. The van der Waals surface area contributed by atoms with E-state index in [9.17, 15) is 4.79 Å². The van der Waals surface area contributed by atoms with Crippen LogP contribution in [0.1, 0.15) is 5.56 Å². The molecule has 18 heavy (non-hydrogen) atoms. The molecule has 1 saturated heterocycles. The zero-order chi connectivity index (χ0) is 13.1. The predicted octanol–water partition coefficient (Wildman–Crippen LogP) is 0.940. The van der Waals surface area contributed by atoms with Crippen LogP contribution in [0.5, 0.6) is 0 Å². The van der Waals surface area contributed by atoms with Gasteiger partial charge >= 0.3 is 6.09 Å². The van der Waals surface area contributed by atoms with Crippen molar-refractivity contribution < 1.29 is 9.90 Å². The van der Waals surface area contributed by atoms with Gasteiger partial charge in [-0.05, 0) is 18.2 Å². The van der Waals surface area contributed by atoms with Gasteiger partial charge in [-0.3, -0.25) is 0 Å². The van der Waals surface area contributed by atoms with Crippen molar-refractivity contribution in [3.8, 4) is 6.07 Å². The zero-order valence-corrected chi connectivity index (χ0v) is 9.83. The Bertz CT molecular complexity index is 501. The molecule has 1 aliphatic heterocycles. The molecule has 2 rings (SSSR count). The molecule has 1 heterocycles. The molecule has 1 aliphatic rings. The summed E-state index contributed by atoms with van der Waals surface area (Å²) >= 11 is 0. The van der Waals surface area contributed by atoms with E-state index in [4.69, 9.17) is 16.1 Å². The second kappa shape index (κ2) is 4.84. The molecule has 94 valence electrons. The average molecular weight is 246 g/mol. The molecule has 0 saturated carbocycles. The number of piperazine rings is 1. The van der Waals surface area contributed by atoms with Gasteiger partial charge in [0.25, 0.3) is 0 Å². The second-order valence-electron chi connectivity index (χ2n) is 4.14. The van der Waals surface area contributed by atoms with Crippen molar-refractivity contribution in [1.29, 1.82) is 5.26 Å². The molecule has 0 aliphatic carbocycles. The molecule has 0 spiro atoms. The Morgan fingerprint density at radius 3 is 2.50 bits per heavy atom. The average Bonchev–Trinajstić information content (AvgIpc) is 2.38. The summed E-state index contributed by atoms with van der Waals surface area (Å²) < 4.78 is 0. The van der Waals surface area contributed by atoms with Crippen molar-refractivity contribution in [2.45, 2.75) is 0 Å². The molecule has 1 aromatic rings. The number of rotatable bonds is 1. The van der Waals surface area contributed by atoms with E-state index in [1.807, 2.05) is 17.0 Å². The van der Waals surface area contributed by atoms with Crippen LogP contribution in [0.25, 0.3) is 0 Å². The largest absolute Gasteiger partial charge is 0.465 e. The van der Waals surface area contributed by atoms with E-state index in [-0.39, 0.29) is 0 Å². The highest BCUT2D eigenvalue weighted by Gasteiger charge is 2.21. The molecule has 1 fully saturated rings. The summed E-state index contributed by atoms with van der Waals surface area (Å²) in [5, 5.41) is 17.6. The number of benzene rings is 1. The second-order valence-corrected chi connectivity index (χ2v) is 4.14. The van der Waals surface area contributed by atoms with Crippen LogP contribution in [0.15, 0.2) is 18.2 Å². The number of nitrogens with zero attached hydrogens (tertiary/aromatic N) is 3. The number of amides is 1. The number of hydrogen-bond donors (Lipinski definition) is 2. The van der Waals surface area contributed by atoms with Crippen LogP contribution in [-0.4, -0.2) is 42.3 Å². The van der Waals surface area contributed by atoms with E-state index in [0.717, 1.165) is 5.69 Å². The van der Waals surface area contributed by atoms with Crippen LogP contribution >= 0.6 is 0 Å². The highest BCUT2D eigenvalue weighted by molar-refractivity contribution is 5.70. The fourth-order valence-electron chi connectivity index (χ4n) is 2.05. The summed E-state index contributed by atoms with van der Waals surface area (Å²) in [6.07, 6.45) is -0.887. The molecule has 1 amide bonds. The lowest BCUT2D eigenvalue weighted by Gasteiger charge is -2.35. The van der Waals surface area contributed by atoms with Crippen molar-refractivity contribution in [3.05, 3.63) is 23.8 Å². The number of nitrogen functional groups attached to an aromatic ring is 1. The van der Waals surface area contributed by atoms with E-state index in [2.05, 4.69) is 0 Å². The number of anilines is 2. The highest BCUT2D eigenvalue weighted by Crippen LogP contribution is 2.25. The quantitative estimate of drug-likeness (QED) is 0.719. The summed E-state index contributed by atoms with van der Waals surface area (Å²) in [4.78, 5) is 14.2. The Morgan fingerprint density at radius 1 is 1.33 bits per heavy atom. The van der Waals surface area contributed by atoms with Gasteiger partial charge in [-0.25, -0.2) is 4.79 Å². The number of carboxylic acid groups (broad SMARTS) is 1. The van der Waals surface area contributed by atoms with Crippen LogP contribution in [0.2, 0.25) is 0 Å². The molecule has 1 aromatic carbocycles. The van der Waals surface area contributed by atoms with Crippen molar-refractivity contribution in [3.63, 3.8) is 0 Å². The van der Waals surface area contributed by atoms with E-state index in [1.54, 1.807) is 12.1 Å². The number of hydrogen-bond acceptors (Lipinski definition) is 4. The van der Waals surface area contributed by atoms with Gasteiger partial charge in [-0.15, -0.1) is 0 Å². The third-order valence-electron chi connectivity index (χ3n) is 3.05. The topological polar surface area (TPSA) is 93.6 Å². The van der Waals surface area contributed by atoms with Gasteiger partial charge in [-0.1, -0.05) is 0 Å². The van der Waals surface area contributed by atoms with Crippen molar-refractivity contribution in [2.24, 2.45) is 0 Å². The minimum Gasteiger partial charge on any atom is -0.465 e. The van der Waals surface area contributed by atoms with Gasteiger partial charge in [0.1, 0.15) is 0 Å². The fraction of sp³-hybridized carbons (Fsp3) is 0.333. The third kappa shape index (κ3) is 2.30. The Balaban J connectivity index is 2.10. The van der Waals surface area contributed by atoms with Crippen LogP contribution in [0.4, 0.5) is 16.2 Å². The number of carbonyl (C=O) groups is 1. The standard InChI is InChI=1S/C12H14N4O2/c13-8-9-1-2-11(10(14)7-9)15-3-5-16(6-4-15)12(17)18/h1-2,7H,3-6,14H2,(H,17,18). The zero-order valence-electron chi connectivity index (χ0n) is 9.83. The van der Waals surface area contributed by atoms with E-state index < -0.39 is 6.09 Å². The lowest BCUT2D eigenvalue weighted by atomic mass is 10.1. The van der Waals surface area contributed by atoms with E-state index in [1.165, 1.54) is 4.90 Å². The first-order chi connectivity index (χ1) is 8.61. The first-order valence-corrected chi connectivity index (χ1v) is 5.64.